The van der Waals surface area contributed by atoms with Crippen molar-refractivity contribution in [2.24, 2.45) is 0 Å². The van der Waals surface area contributed by atoms with Crippen LogP contribution in [0.25, 0.3) is 5.52 Å². The Morgan fingerprint density at radius 3 is 2.68 bits per heavy atom. The van der Waals surface area contributed by atoms with E-state index in [2.05, 4.69) is 10.1 Å². The average molecular weight is 272 g/mol. The highest BCUT2D eigenvalue weighted by Gasteiger charge is 2.18. The number of fused-ring (bicyclic) bond motifs is 1. The Kier molecular flexibility index (Phi) is 2.80. The van der Waals surface area contributed by atoms with Gasteiger partial charge in [0.1, 0.15) is 11.8 Å². The van der Waals surface area contributed by atoms with E-state index in [0.29, 0.717) is 21.8 Å². The molecule has 19 heavy (non-hydrogen) atoms. The third-order valence-corrected chi connectivity index (χ3v) is 3.34. The number of carbonyl (C=O) groups is 1. The Morgan fingerprint density at radius 2 is 2.00 bits per heavy atom. The highest BCUT2D eigenvalue weighted by atomic mass is 35.5. The summed E-state index contributed by atoms with van der Waals surface area (Å²) in [6.45, 7) is 1.85. The molecule has 0 saturated carbocycles. The molecule has 0 bridgehead atoms. The van der Waals surface area contributed by atoms with E-state index in [1.54, 1.807) is 22.8 Å². The van der Waals surface area contributed by atoms with Crippen LogP contribution in [0, 0.1) is 6.92 Å². The van der Waals surface area contributed by atoms with E-state index in [0.717, 1.165) is 5.56 Å². The molecule has 0 fully saturated rings. The minimum Gasteiger partial charge on any atom is -0.289 e. The lowest BCUT2D eigenvalue weighted by molar-refractivity contribution is 0.103. The van der Waals surface area contributed by atoms with Crippen molar-refractivity contribution < 1.29 is 4.79 Å². The largest absolute Gasteiger partial charge is 0.289 e. The molecule has 0 atom stereocenters. The van der Waals surface area contributed by atoms with Crippen molar-refractivity contribution in [1.29, 1.82) is 0 Å². The zero-order valence-corrected chi connectivity index (χ0v) is 10.9. The minimum atomic E-state index is -0.0420. The minimum absolute atomic E-state index is 0.0420. The van der Waals surface area contributed by atoms with Gasteiger partial charge in [0.05, 0.1) is 0 Å². The third-order valence-electron chi connectivity index (χ3n) is 3.06. The fourth-order valence-electron chi connectivity index (χ4n) is 2.09. The molecular weight excluding hydrogens is 262 g/mol. The molecule has 0 aliphatic rings. The maximum absolute atomic E-state index is 12.4. The molecule has 0 amide bonds. The first-order valence-electron chi connectivity index (χ1n) is 5.76. The Balaban J connectivity index is 2.19. The van der Waals surface area contributed by atoms with E-state index in [9.17, 15) is 4.79 Å². The number of rotatable bonds is 2. The van der Waals surface area contributed by atoms with Crippen LogP contribution in [0.5, 0.6) is 0 Å². The summed E-state index contributed by atoms with van der Waals surface area (Å²) in [5.41, 5.74) is 2.70. The van der Waals surface area contributed by atoms with Crippen molar-refractivity contribution in [3.63, 3.8) is 0 Å². The second kappa shape index (κ2) is 4.48. The summed E-state index contributed by atoms with van der Waals surface area (Å²) < 4.78 is 1.58. The zero-order valence-electron chi connectivity index (χ0n) is 10.2. The van der Waals surface area contributed by atoms with Crippen molar-refractivity contribution in [2.75, 3.05) is 0 Å². The monoisotopic (exact) mass is 271 g/mol. The number of halogens is 1. The van der Waals surface area contributed by atoms with E-state index in [4.69, 9.17) is 11.6 Å². The number of hydrogen-bond donors (Lipinski definition) is 0. The number of aromatic nitrogens is 3. The fourth-order valence-corrected chi connectivity index (χ4v) is 2.36. The molecule has 94 valence electrons. The maximum atomic E-state index is 12.4. The number of ketones is 1. The number of carbonyl (C=O) groups excluding carboxylic acids is 1. The first-order valence-corrected chi connectivity index (χ1v) is 6.14. The van der Waals surface area contributed by atoms with Crippen LogP contribution in [0.2, 0.25) is 5.15 Å². The molecule has 0 aliphatic carbocycles. The molecule has 2 heterocycles. The van der Waals surface area contributed by atoms with Crippen LogP contribution in [-0.4, -0.2) is 20.4 Å². The van der Waals surface area contributed by atoms with Crippen LogP contribution >= 0.6 is 11.6 Å². The van der Waals surface area contributed by atoms with Gasteiger partial charge in [0.15, 0.2) is 10.9 Å². The maximum Gasteiger partial charge on any atom is 0.194 e. The van der Waals surface area contributed by atoms with Crippen LogP contribution in [0.15, 0.2) is 42.9 Å². The molecule has 0 aliphatic heterocycles. The SMILES string of the molecule is Cc1c(C(=O)c2ccccc2)cn2ncnc(Cl)c12. The van der Waals surface area contributed by atoms with Crippen LogP contribution in [0.1, 0.15) is 21.5 Å². The van der Waals surface area contributed by atoms with Crippen molar-refractivity contribution in [2.45, 2.75) is 6.92 Å². The van der Waals surface area contributed by atoms with Gasteiger partial charge in [-0.05, 0) is 12.5 Å². The second-order valence-corrected chi connectivity index (χ2v) is 4.56. The van der Waals surface area contributed by atoms with E-state index in [-0.39, 0.29) is 5.78 Å². The Labute approximate surface area is 114 Å². The molecular formula is C14H10ClN3O. The highest BCUT2D eigenvalue weighted by Crippen LogP contribution is 2.24. The smallest absolute Gasteiger partial charge is 0.194 e. The normalized spacial score (nSPS) is 10.8. The summed E-state index contributed by atoms with van der Waals surface area (Å²) in [4.78, 5) is 16.4. The standard InChI is InChI=1S/C14H10ClN3O/c1-9-11(13(19)10-5-3-2-4-6-10)7-18-12(9)14(15)16-8-17-18/h2-8H,1H3. The summed E-state index contributed by atoms with van der Waals surface area (Å²) in [7, 11) is 0. The first kappa shape index (κ1) is 11.9. The fraction of sp³-hybridized carbons (Fsp3) is 0.0714. The van der Waals surface area contributed by atoms with Crippen LogP contribution < -0.4 is 0 Å². The van der Waals surface area contributed by atoms with Gasteiger partial charge in [-0.2, -0.15) is 5.10 Å². The summed E-state index contributed by atoms with van der Waals surface area (Å²) in [6, 6.07) is 9.13. The molecule has 4 nitrogen and oxygen atoms in total. The van der Waals surface area contributed by atoms with Gasteiger partial charge >= 0.3 is 0 Å². The van der Waals surface area contributed by atoms with Gasteiger partial charge in [0.2, 0.25) is 0 Å². The molecule has 3 rings (SSSR count). The number of benzene rings is 1. The van der Waals surface area contributed by atoms with E-state index < -0.39 is 0 Å². The van der Waals surface area contributed by atoms with Gasteiger partial charge < -0.3 is 0 Å². The van der Waals surface area contributed by atoms with E-state index >= 15 is 0 Å². The number of hydrogen-bond acceptors (Lipinski definition) is 3. The molecule has 0 radical (unpaired) electrons. The van der Waals surface area contributed by atoms with Crippen molar-refractivity contribution in [1.82, 2.24) is 14.6 Å². The van der Waals surface area contributed by atoms with Crippen molar-refractivity contribution >= 4 is 22.9 Å². The molecule has 0 N–H and O–H groups in total. The molecule has 0 saturated heterocycles. The zero-order chi connectivity index (χ0) is 13.4. The summed E-state index contributed by atoms with van der Waals surface area (Å²) in [5, 5.41) is 4.42. The lowest BCUT2D eigenvalue weighted by Crippen LogP contribution is -2.01. The number of aryl methyl sites for hydroxylation is 1. The number of nitrogens with zero attached hydrogens (tertiary/aromatic N) is 3. The van der Waals surface area contributed by atoms with Crippen LogP contribution in [0.3, 0.4) is 0 Å². The quantitative estimate of drug-likeness (QED) is 0.673. The van der Waals surface area contributed by atoms with Gasteiger partial charge in [-0.3, -0.25) is 4.79 Å². The summed E-state index contributed by atoms with van der Waals surface area (Å²) in [5.74, 6) is -0.0420. The average Bonchev–Trinajstić information content (AvgIpc) is 2.78. The Hall–Kier alpha value is -2.20. The predicted octanol–water partition coefficient (Wildman–Crippen LogP) is 2.92. The molecule has 1 aromatic carbocycles. The van der Waals surface area contributed by atoms with E-state index in [1.165, 1.54) is 6.33 Å². The summed E-state index contributed by atoms with van der Waals surface area (Å²) in [6.07, 6.45) is 3.05. The van der Waals surface area contributed by atoms with Gasteiger partial charge in [-0.1, -0.05) is 41.9 Å². The lowest BCUT2D eigenvalue weighted by atomic mass is 10.0. The van der Waals surface area contributed by atoms with Crippen LogP contribution in [-0.2, 0) is 0 Å². The molecule has 0 unspecified atom stereocenters. The van der Waals surface area contributed by atoms with Crippen molar-refractivity contribution in [3.8, 4) is 0 Å². The molecule has 3 aromatic rings. The topological polar surface area (TPSA) is 47.3 Å². The van der Waals surface area contributed by atoms with Gasteiger partial charge in [0.25, 0.3) is 0 Å². The lowest BCUT2D eigenvalue weighted by Gasteiger charge is -1.99. The van der Waals surface area contributed by atoms with Crippen LogP contribution in [0.4, 0.5) is 0 Å². The van der Waals surface area contributed by atoms with E-state index in [1.807, 2.05) is 25.1 Å². The van der Waals surface area contributed by atoms with Gasteiger partial charge in [-0.25, -0.2) is 9.50 Å². The van der Waals surface area contributed by atoms with Gasteiger partial charge in [0, 0.05) is 17.3 Å². The summed E-state index contributed by atoms with van der Waals surface area (Å²) >= 11 is 6.04. The van der Waals surface area contributed by atoms with Crippen molar-refractivity contribution in [3.05, 3.63) is 64.7 Å². The molecule has 5 heteroatoms. The predicted molar refractivity (Wildman–Crippen MR) is 72.6 cm³/mol. The Morgan fingerprint density at radius 1 is 1.26 bits per heavy atom. The third kappa shape index (κ3) is 1.90. The highest BCUT2D eigenvalue weighted by molar-refractivity contribution is 6.33. The van der Waals surface area contributed by atoms with Gasteiger partial charge in [-0.15, -0.1) is 0 Å². The molecule has 0 spiro atoms. The first-order chi connectivity index (χ1) is 9.18. The Bertz CT molecular complexity index is 765. The molecule has 2 aromatic heterocycles. The second-order valence-electron chi connectivity index (χ2n) is 4.21.